The summed E-state index contributed by atoms with van der Waals surface area (Å²) in [6.45, 7) is 0.643. The van der Waals surface area contributed by atoms with Crippen molar-refractivity contribution >= 4 is 34.9 Å². The molecule has 0 spiro atoms. The number of methoxy groups -OCH3 is 1. The van der Waals surface area contributed by atoms with Gasteiger partial charge in [0.25, 0.3) is 0 Å². The van der Waals surface area contributed by atoms with Gasteiger partial charge in [-0.1, -0.05) is 47.5 Å². The average molecular weight is 399 g/mol. The molecule has 4 rings (SSSR count). The second-order valence-electron chi connectivity index (χ2n) is 6.28. The second kappa shape index (κ2) is 7.22. The van der Waals surface area contributed by atoms with Gasteiger partial charge >= 0.3 is 5.97 Å². The fraction of sp³-hybridized carbons (Fsp3) is 0.143. The van der Waals surface area contributed by atoms with E-state index in [-0.39, 0.29) is 12.5 Å². The van der Waals surface area contributed by atoms with Crippen LogP contribution in [0.4, 0.5) is 0 Å². The van der Waals surface area contributed by atoms with E-state index in [4.69, 9.17) is 32.9 Å². The fourth-order valence-electron chi connectivity index (χ4n) is 3.31. The molecule has 0 unspecified atom stereocenters. The number of aliphatic imine (C=N–C) groups is 1. The SMILES string of the molecule is COC(=O)Cn1cc2c(c1)-c1ccc(Cl)cc1C(c1ccccc1Cl)=NC2. The van der Waals surface area contributed by atoms with E-state index in [0.717, 1.165) is 33.5 Å². The van der Waals surface area contributed by atoms with E-state index in [9.17, 15) is 4.79 Å². The van der Waals surface area contributed by atoms with Gasteiger partial charge in [0.05, 0.1) is 19.4 Å². The first-order valence-corrected chi connectivity index (χ1v) is 9.17. The lowest BCUT2D eigenvalue weighted by molar-refractivity contribution is -0.141. The molecule has 27 heavy (non-hydrogen) atoms. The standard InChI is InChI=1S/C21H16Cl2N2O2/c1-27-20(26)12-25-10-13-9-24-21(16-4-2-3-5-19(16)23)17-8-14(22)6-7-15(17)18(13)11-25/h2-8,10-11H,9,12H2,1H3. The molecule has 1 aliphatic rings. The molecule has 2 aromatic carbocycles. The van der Waals surface area contributed by atoms with Crippen LogP contribution in [0, 0.1) is 0 Å². The van der Waals surface area contributed by atoms with Crippen molar-refractivity contribution in [3.63, 3.8) is 0 Å². The van der Waals surface area contributed by atoms with Gasteiger partial charge < -0.3 is 9.30 Å². The number of halogens is 2. The number of carbonyl (C=O) groups is 1. The third kappa shape index (κ3) is 3.38. The molecule has 4 nitrogen and oxygen atoms in total. The van der Waals surface area contributed by atoms with Crippen molar-refractivity contribution in [2.45, 2.75) is 13.1 Å². The van der Waals surface area contributed by atoms with E-state index in [0.29, 0.717) is 16.6 Å². The highest BCUT2D eigenvalue weighted by molar-refractivity contribution is 6.36. The van der Waals surface area contributed by atoms with Crippen LogP contribution >= 0.6 is 23.2 Å². The second-order valence-corrected chi connectivity index (χ2v) is 7.12. The van der Waals surface area contributed by atoms with Crippen molar-refractivity contribution in [1.82, 2.24) is 4.57 Å². The molecular formula is C21H16Cl2N2O2. The molecule has 0 bridgehead atoms. The number of benzene rings is 2. The quantitative estimate of drug-likeness (QED) is 0.583. The Bertz CT molecular complexity index is 1070. The van der Waals surface area contributed by atoms with Crippen LogP contribution in [-0.4, -0.2) is 23.4 Å². The van der Waals surface area contributed by atoms with Crippen LogP contribution in [0.25, 0.3) is 11.1 Å². The van der Waals surface area contributed by atoms with Gasteiger partial charge in [-0.3, -0.25) is 9.79 Å². The Hall–Kier alpha value is -2.56. The number of aromatic nitrogens is 1. The highest BCUT2D eigenvalue weighted by Crippen LogP contribution is 2.36. The number of rotatable bonds is 3. The van der Waals surface area contributed by atoms with Crippen molar-refractivity contribution in [3.8, 4) is 11.1 Å². The first kappa shape index (κ1) is 17.8. The molecule has 0 saturated heterocycles. The molecule has 3 aromatic rings. The zero-order chi connectivity index (χ0) is 19.0. The molecule has 0 saturated carbocycles. The van der Waals surface area contributed by atoms with Crippen LogP contribution in [0.15, 0.2) is 59.9 Å². The van der Waals surface area contributed by atoms with Crippen molar-refractivity contribution in [1.29, 1.82) is 0 Å². The van der Waals surface area contributed by atoms with Gasteiger partial charge in [-0.25, -0.2) is 0 Å². The molecule has 1 aromatic heterocycles. The number of hydrogen-bond donors (Lipinski definition) is 0. The van der Waals surface area contributed by atoms with E-state index < -0.39 is 0 Å². The average Bonchev–Trinajstić information content (AvgIpc) is 2.99. The van der Waals surface area contributed by atoms with Gasteiger partial charge in [-0.15, -0.1) is 0 Å². The third-order valence-electron chi connectivity index (χ3n) is 4.57. The van der Waals surface area contributed by atoms with Crippen molar-refractivity contribution in [3.05, 3.63) is 81.6 Å². The molecule has 136 valence electrons. The van der Waals surface area contributed by atoms with Crippen LogP contribution < -0.4 is 0 Å². The number of ether oxygens (including phenoxy) is 1. The molecule has 0 N–H and O–H groups in total. The Morgan fingerprint density at radius 1 is 1.07 bits per heavy atom. The minimum atomic E-state index is -0.295. The Kier molecular flexibility index (Phi) is 4.77. The molecule has 0 fully saturated rings. The van der Waals surface area contributed by atoms with E-state index >= 15 is 0 Å². The van der Waals surface area contributed by atoms with Gasteiger partial charge in [0.1, 0.15) is 6.54 Å². The molecule has 6 heteroatoms. The Balaban J connectivity index is 1.87. The van der Waals surface area contributed by atoms with E-state index in [1.54, 1.807) is 0 Å². The zero-order valence-electron chi connectivity index (χ0n) is 14.6. The lowest BCUT2D eigenvalue weighted by Crippen LogP contribution is -2.10. The number of nitrogens with zero attached hydrogens (tertiary/aromatic N) is 2. The van der Waals surface area contributed by atoms with Crippen LogP contribution in [0.2, 0.25) is 10.0 Å². The largest absolute Gasteiger partial charge is 0.468 e. The number of hydrogen-bond acceptors (Lipinski definition) is 3. The van der Waals surface area contributed by atoms with Crippen molar-refractivity contribution < 1.29 is 9.53 Å². The Morgan fingerprint density at radius 2 is 1.89 bits per heavy atom. The van der Waals surface area contributed by atoms with Crippen molar-refractivity contribution in [2.75, 3.05) is 7.11 Å². The van der Waals surface area contributed by atoms with Crippen LogP contribution in [0.1, 0.15) is 16.7 Å². The van der Waals surface area contributed by atoms with Gasteiger partial charge in [0.2, 0.25) is 0 Å². The first-order valence-electron chi connectivity index (χ1n) is 8.42. The Labute approximate surface area is 167 Å². The number of carbonyl (C=O) groups excluding carboxylic acids is 1. The summed E-state index contributed by atoms with van der Waals surface area (Å²) in [5, 5.41) is 1.27. The lowest BCUT2D eigenvalue weighted by Gasteiger charge is -2.12. The molecule has 0 aliphatic carbocycles. The maximum atomic E-state index is 11.6. The summed E-state index contributed by atoms with van der Waals surface area (Å²) in [7, 11) is 1.38. The van der Waals surface area contributed by atoms with Crippen molar-refractivity contribution in [2.24, 2.45) is 4.99 Å². The predicted molar refractivity (Wildman–Crippen MR) is 108 cm³/mol. The van der Waals surface area contributed by atoms with E-state index in [1.807, 2.05) is 59.4 Å². The minimum Gasteiger partial charge on any atom is -0.468 e. The molecular weight excluding hydrogens is 383 g/mol. The summed E-state index contributed by atoms with van der Waals surface area (Å²) in [4.78, 5) is 16.5. The van der Waals surface area contributed by atoms with Crippen LogP contribution in [-0.2, 0) is 22.6 Å². The third-order valence-corrected chi connectivity index (χ3v) is 5.13. The van der Waals surface area contributed by atoms with Gasteiger partial charge in [0.15, 0.2) is 0 Å². The number of esters is 1. The maximum absolute atomic E-state index is 11.6. The zero-order valence-corrected chi connectivity index (χ0v) is 16.1. The summed E-state index contributed by atoms with van der Waals surface area (Å²) in [6, 6.07) is 13.4. The smallest absolute Gasteiger partial charge is 0.325 e. The number of fused-ring (bicyclic) bond motifs is 3. The van der Waals surface area contributed by atoms with Crippen LogP contribution in [0.5, 0.6) is 0 Å². The highest BCUT2D eigenvalue weighted by Gasteiger charge is 2.22. The maximum Gasteiger partial charge on any atom is 0.325 e. The summed E-state index contributed by atoms with van der Waals surface area (Å²) in [5.74, 6) is -0.295. The molecule has 2 heterocycles. The molecule has 0 amide bonds. The monoisotopic (exact) mass is 398 g/mol. The van der Waals surface area contributed by atoms with E-state index in [1.165, 1.54) is 7.11 Å². The minimum absolute atomic E-state index is 0.160. The topological polar surface area (TPSA) is 43.6 Å². The Morgan fingerprint density at radius 3 is 2.67 bits per heavy atom. The molecule has 0 atom stereocenters. The van der Waals surface area contributed by atoms with Crippen LogP contribution in [0.3, 0.4) is 0 Å². The fourth-order valence-corrected chi connectivity index (χ4v) is 3.71. The first-order chi connectivity index (χ1) is 13.1. The van der Waals surface area contributed by atoms with Gasteiger partial charge in [-0.2, -0.15) is 0 Å². The summed E-state index contributed by atoms with van der Waals surface area (Å²) in [6.07, 6.45) is 3.88. The van der Waals surface area contributed by atoms with Gasteiger partial charge in [0, 0.05) is 39.1 Å². The summed E-state index contributed by atoms with van der Waals surface area (Å²) in [5.41, 5.74) is 5.67. The summed E-state index contributed by atoms with van der Waals surface area (Å²) >= 11 is 12.7. The molecule has 0 radical (unpaired) electrons. The summed E-state index contributed by atoms with van der Waals surface area (Å²) < 4.78 is 6.59. The predicted octanol–water partition coefficient (Wildman–Crippen LogP) is 4.99. The lowest BCUT2D eigenvalue weighted by atomic mass is 9.94. The highest BCUT2D eigenvalue weighted by atomic mass is 35.5. The molecule has 1 aliphatic heterocycles. The van der Waals surface area contributed by atoms with E-state index in [2.05, 4.69) is 0 Å². The normalized spacial score (nSPS) is 12.6. The van der Waals surface area contributed by atoms with Gasteiger partial charge in [-0.05, 0) is 29.3 Å².